The maximum Gasteiger partial charge on any atom is 0.220 e. The smallest absolute Gasteiger partial charge is 0.220 e. The minimum Gasteiger partial charge on any atom is -0.368 e. The number of hydrogen-bond acceptors (Lipinski definition) is 4. The molecule has 0 spiro atoms. The van der Waals surface area contributed by atoms with E-state index in [9.17, 15) is 0 Å². The van der Waals surface area contributed by atoms with Crippen LogP contribution in [0.4, 0.5) is 5.95 Å². The Bertz CT molecular complexity index is 1000. The number of aromatic amines is 1. The molecule has 0 atom stereocenters. The van der Waals surface area contributed by atoms with Gasteiger partial charge in [-0.1, -0.05) is 11.8 Å². The van der Waals surface area contributed by atoms with Crippen molar-refractivity contribution >= 4 is 16.9 Å². The maximum absolute atomic E-state index is 5.87. The molecule has 0 saturated carbocycles. The monoisotopic (exact) mass is 331 g/mol. The van der Waals surface area contributed by atoms with Gasteiger partial charge >= 0.3 is 0 Å². The largest absolute Gasteiger partial charge is 0.368 e. The van der Waals surface area contributed by atoms with Gasteiger partial charge in [-0.25, -0.2) is 9.97 Å². The number of nitrogens with zero attached hydrogens (tertiary/aromatic N) is 3. The van der Waals surface area contributed by atoms with Gasteiger partial charge in [0.05, 0.1) is 12.2 Å². The van der Waals surface area contributed by atoms with Crippen molar-refractivity contribution in [2.45, 2.75) is 19.3 Å². The average molecular weight is 331 g/mol. The summed E-state index contributed by atoms with van der Waals surface area (Å²) in [4.78, 5) is 14.4. The number of anilines is 1. The molecule has 0 bridgehead atoms. The molecule has 25 heavy (non-hydrogen) atoms. The highest BCUT2D eigenvalue weighted by atomic mass is 15.0. The zero-order valence-electron chi connectivity index (χ0n) is 14.6. The zero-order chi connectivity index (χ0) is 17.4. The molecule has 5 nitrogen and oxygen atoms in total. The first-order valence-electron chi connectivity index (χ1n) is 8.52. The van der Waals surface area contributed by atoms with Crippen LogP contribution in [0.15, 0.2) is 24.4 Å². The summed E-state index contributed by atoms with van der Waals surface area (Å²) in [6, 6.07) is 6.32. The summed E-state index contributed by atoms with van der Waals surface area (Å²) in [5.41, 5.74) is 12.5. The van der Waals surface area contributed by atoms with E-state index in [0.717, 1.165) is 59.1 Å². The molecule has 4 rings (SSSR count). The predicted molar refractivity (Wildman–Crippen MR) is 101 cm³/mol. The zero-order valence-corrected chi connectivity index (χ0v) is 14.6. The Labute approximate surface area is 147 Å². The molecule has 1 aliphatic rings. The molecule has 1 aliphatic carbocycles. The van der Waals surface area contributed by atoms with Gasteiger partial charge in [-0.05, 0) is 57.1 Å². The fourth-order valence-electron chi connectivity index (χ4n) is 3.36. The van der Waals surface area contributed by atoms with Gasteiger partial charge in [0.15, 0.2) is 0 Å². The molecule has 5 heteroatoms. The number of aromatic nitrogens is 3. The fourth-order valence-corrected chi connectivity index (χ4v) is 3.36. The third-order valence-electron chi connectivity index (χ3n) is 4.50. The van der Waals surface area contributed by atoms with E-state index in [0.29, 0.717) is 5.95 Å². The molecule has 0 saturated heterocycles. The Morgan fingerprint density at radius 1 is 1.28 bits per heavy atom. The van der Waals surface area contributed by atoms with E-state index in [2.05, 4.69) is 49.9 Å². The van der Waals surface area contributed by atoms with Crippen molar-refractivity contribution < 1.29 is 0 Å². The van der Waals surface area contributed by atoms with Gasteiger partial charge in [0, 0.05) is 33.9 Å². The van der Waals surface area contributed by atoms with Crippen LogP contribution in [0.2, 0.25) is 0 Å². The summed E-state index contributed by atoms with van der Waals surface area (Å²) in [5, 5.41) is 1.16. The lowest BCUT2D eigenvalue weighted by molar-refractivity contribution is 0.464. The summed E-state index contributed by atoms with van der Waals surface area (Å²) >= 11 is 0. The Morgan fingerprint density at radius 2 is 2.16 bits per heavy atom. The first-order chi connectivity index (χ1) is 12.1. The summed E-state index contributed by atoms with van der Waals surface area (Å²) in [5.74, 6) is 6.77. The van der Waals surface area contributed by atoms with Crippen molar-refractivity contribution in [1.29, 1.82) is 0 Å². The van der Waals surface area contributed by atoms with Crippen LogP contribution in [0.25, 0.3) is 22.2 Å². The molecule has 0 radical (unpaired) electrons. The van der Waals surface area contributed by atoms with Crippen molar-refractivity contribution in [3.63, 3.8) is 0 Å². The normalized spacial score (nSPS) is 13.1. The standard InChI is InChI=1S/C20H21N5/c1-25(2)10-4-5-13-8-9-16-15(11-13)18-17(23-16)7-3-6-14-12-22-20(21)24-19(14)18/h8-9,11-12,23H,3,6-7,10H2,1-2H3,(H2,21,22,24). The summed E-state index contributed by atoms with van der Waals surface area (Å²) < 4.78 is 0. The van der Waals surface area contributed by atoms with Gasteiger partial charge < -0.3 is 10.7 Å². The molecule has 0 unspecified atom stereocenters. The number of aryl methyl sites for hydroxylation is 2. The van der Waals surface area contributed by atoms with E-state index in [-0.39, 0.29) is 0 Å². The van der Waals surface area contributed by atoms with Crippen LogP contribution in [0.1, 0.15) is 23.2 Å². The maximum atomic E-state index is 5.87. The molecule has 2 aromatic heterocycles. The van der Waals surface area contributed by atoms with Crippen LogP contribution >= 0.6 is 0 Å². The Hall–Kier alpha value is -2.84. The van der Waals surface area contributed by atoms with Crippen LogP contribution in [0.3, 0.4) is 0 Å². The number of nitrogens with one attached hydrogen (secondary N) is 1. The second-order valence-electron chi connectivity index (χ2n) is 6.73. The van der Waals surface area contributed by atoms with E-state index in [1.807, 2.05) is 20.3 Å². The van der Waals surface area contributed by atoms with Crippen molar-refractivity contribution in [2.24, 2.45) is 0 Å². The van der Waals surface area contributed by atoms with E-state index >= 15 is 0 Å². The molecule has 0 fully saturated rings. The van der Waals surface area contributed by atoms with E-state index < -0.39 is 0 Å². The molecule has 3 aromatic rings. The van der Waals surface area contributed by atoms with Crippen molar-refractivity contribution in [2.75, 3.05) is 26.4 Å². The number of fused-ring (bicyclic) bond motifs is 5. The molecule has 0 aliphatic heterocycles. The molecular formula is C20H21N5. The summed E-state index contributed by atoms with van der Waals surface area (Å²) in [6.07, 6.45) is 4.92. The molecule has 126 valence electrons. The fraction of sp³-hybridized carbons (Fsp3) is 0.300. The number of nitrogens with two attached hydrogens (primary N) is 1. The van der Waals surface area contributed by atoms with E-state index in [1.165, 1.54) is 5.69 Å². The number of benzene rings is 1. The summed E-state index contributed by atoms with van der Waals surface area (Å²) in [6.45, 7) is 0.746. The highest BCUT2D eigenvalue weighted by molar-refractivity contribution is 5.98. The van der Waals surface area contributed by atoms with Crippen LogP contribution < -0.4 is 5.73 Å². The minimum absolute atomic E-state index is 0.322. The first-order valence-corrected chi connectivity index (χ1v) is 8.52. The number of nitrogen functional groups attached to an aromatic ring is 1. The molecular weight excluding hydrogens is 310 g/mol. The molecule has 3 N–H and O–H groups in total. The third-order valence-corrected chi connectivity index (χ3v) is 4.50. The molecule has 0 amide bonds. The van der Waals surface area contributed by atoms with E-state index in [1.54, 1.807) is 0 Å². The van der Waals surface area contributed by atoms with Gasteiger partial charge in [0.1, 0.15) is 0 Å². The van der Waals surface area contributed by atoms with Crippen molar-refractivity contribution in [3.8, 4) is 23.1 Å². The van der Waals surface area contributed by atoms with Crippen LogP contribution in [-0.2, 0) is 12.8 Å². The van der Waals surface area contributed by atoms with Gasteiger partial charge in [-0.3, -0.25) is 4.90 Å². The molecule has 1 aromatic carbocycles. The quantitative estimate of drug-likeness (QED) is 0.673. The summed E-state index contributed by atoms with van der Waals surface area (Å²) in [7, 11) is 4.04. The topological polar surface area (TPSA) is 70.8 Å². The lowest BCUT2D eigenvalue weighted by atomic mass is 10.0. The van der Waals surface area contributed by atoms with E-state index in [4.69, 9.17) is 5.73 Å². The third kappa shape index (κ3) is 2.97. The highest BCUT2D eigenvalue weighted by Crippen LogP contribution is 2.37. The highest BCUT2D eigenvalue weighted by Gasteiger charge is 2.21. The first kappa shape index (κ1) is 15.7. The van der Waals surface area contributed by atoms with Crippen molar-refractivity contribution in [1.82, 2.24) is 19.9 Å². The molecule has 2 heterocycles. The lowest BCUT2D eigenvalue weighted by Gasteiger charge is -2.06. The Balaban J connectivity index is 1.89. The second-order valence-corrected chi connectivity index (χ2v) is 6.73. The van der Waals surface area contributed by atoms with Crippen LogP contribution in [0, 0.1) is 11.8 Å². The predicted octanol–water partition coefficient (Wildman–Crippen LogP) is 2.61. The Kier molecular flexibility index (Phi) is 3.90. The number of rotatable bonds is 1. The Morgan fingerprint density at radius 3 is 3.00 bits per heavy atom. The van der Waals surface area contributed by atoms with Gasteiger partial charge in [0.25, 0.3) is 0 Å². The van der Waals surface area contributed by atoms with Gasteiger partial charge in [-0.15, -0.1) is 0 Å². The minimum atomic E-state index is 0.322. The van der Waals surface area contributed by atoms with Crippen LogP contribution in [-0.4, -0.2) is 40.5 Å². The SMILES string of the molecule is CN(C)CC#Cc1ccc2[nH]c3c(c2c1)-c1nc(N)ncc1CCC3. The van der Waals surface area contributed by atoms with Crippen LogP contribution in [0.5, 0.6) is 0 Å². The lowest BCUT2D eigenvalue weighted by Crippen LogP contribution is -2.10. The number of hydrogen-bond donors (Lipinski definition) is 2. The average Bonchev–Trinajstić information content (AvgIpc) is 2.83. The second kappa shape index (κ2) is 6.23. The van der Waals surface area contributed by atoms with Gasteiger partial charge in [-0.2, -0.15) is 0 Å². The van der Waals surface area contributed by atoms with Gasteiger partial charge in [0.2, 0.25) is 5.95 Å². The number of H-pyrrole nitrogens is 1. The van der Waals surface area contributed by atoms with Crippen molar-refractivity contribution in [3.05, 3.63) is 41.2 Å².